The van der Waals surface area contributed by atoms with Crippen molar-refractivity contribution in [2.75, 3.05) is 13.6 Å². The smallest absolute Gasteiger partial charge is 0.335 e. The van der Waals surface area contributed by atoms with Gasteiger partial charge < -0.3 is 21.1 Å². The summed E-state index contributed by atoms with van der Waals surface area (Å²) in [7, 11) is 1.87. The van der Waals surface area contributed by atoms with Crippen LogP contribution in [0.3, 0.4) is 0 Å². The largest absolute Gasteiger partial charge is 0.478 e. The second-order valence-electron chi connectivity index (χ2n) is 8.43. The van der Waals surface area contributed by atoms with Crippen LogP contribution in [0.4, 0.5) is 0 Å². The molecule has 0 spiro atoms. The average Bonchev–Trinajstić information content (AvgIpc) is 2.70. The normalized spacial score (nSPS) is 23.0. The molecule has 1 atom stereocenters. The van der Waals surface area contributed by atoms with Crippen LogP contribution in [0.25, 0.3) is 0 Å². The summed E-state index contributed by atoms with van der Waals surface area (Å²) in [6.07, 6.45) is 7.05. The SMILES string of the molecule is CN(C(=O)[C@@H](N)C1CCC(CNC(=O)c2ccc(C(=O)O)cc2)CC1)C1CCC1. The van der Waals surface area contributed by atoms with Crippen molar-refractivity contribution < 1.29 is 19.5 Å². The first-order valence-electron chi connectivity index (χ1n) is 10.5. The second kappa shape index (κ2) is 9.39. The summed E-state index contributed by atoms with van der Waals surface area (Å²) in [5, 5.41) is 11.9. The van der Waals surface area contributed by atoms with Crippen molar-refractivity contribution in [1.29, 1.82) is 0 Å². The van der Waals surface area contributed by atoms with E-state index in [0.717, 1.165) is 38.5 Å². The number of nitrogens with zero attached hydrogens (tertiary/aromatic N) is 1. The van der Waals surface area contributed by atoms with E-state index in [1.165, 1.54) is 30.7 Å². The third-order valence-electron chi connectivity index (χ3n) is 6.60. The Bertz CT molecular complexity index is 737. The molecule has 3 rings (SSSR count). The van der Waals surface area contributed by atoms with Gasteiger partial charge in [-0.25, -0.2) is 4.79 Å². The van der Waals surface area contributed by atoms with Gasteiger partial charge in [-0.15, -0.1) is 0 Å². The fourth-order valence-corrected chi connectivity index (χ4v) is 4.25. The van der Waals surface area contributed by atoms with E-state index in [2.05, 4.69) is 5.32 Å². The van der Waals surface area contributed by atoms with Crippen LogP contribution in [0, 0.1) is 11.8 Å². The summed E-state index contributed by atoms with van der Waals surface area (Å²) in [6, 6.07) is 5.86. The fraction of sp³-hybridized carbons (Fsp3) is 0.591. The van der Waals surface area contributed by atoms with Crippen molar-refractivity contribution in [1.82, 2.24) is 10.2 Å². The van der Waals surface area contributed by atoms with Crippen molar-refractivity contribution in [2.45, 2.75) is 57.0 Å². The highest BCUT2D eigenvalue weighted by Crippen LogP contribution is 2.31. The lowest BCUT2D eigenvalue weighted by atomic mass is 9.78. The Hall–Kier alpha value is -2.41. The minimum absolute atomic E-state index is 0.0660. The van der Waals surface area contributed by atoms with Crippen molar-refractivity contribution in [3.8, 4) is 0 Å². The van der Waals surface area contributed by atoms with Crippen molar-refractivity contribution in [3.63, 3.8) is 0 Å². The highest BCUT2D eigenvalue weighted by molar-refractivity contribution is 5.95. The molecule has 2 saturated carbocycles. The Labute approximate surface area is 171 Å². The van der Waals surface area contributed by atoms with E-state index >= 15 is 0 Å². The molecule has 2 fully saturated rings. The lowest BCUT2D eigenvalue weighted by Crippen LogP contribution is -2.52. The maximum Gasteiger partial charge on any atom is 0.335 e. The fourth-order valence-electron chi connectivity index (χ4n) is 4.25. The van der Waals surface area contributed by atoms with Gasteiger partial charge in [-0.1, -0.05) is 0 Å². The molecule has 2 amide bonds. The summed E-state index contributed by atoms with van der Waals surface area (Å²) in [4.78, 5) is 37.6. The van der Waals surface area contributed by atoms with E-state index in [1.807, 2.05) is 11.9 Å². The molecule has 2 aliphatic carbocycles. The van der Waals surface area contributed by atoms with Gasteiger partial charge in [-0.3, -0.25) is 9.59 Å². The van der Waals surface area contributed by atoms with Crippen LogP contribution in [0.2, 0.25) is 0 Å². The molecule has 0 saturated heterocycles. The minimum Gasteiger partial charge on any atom is -0.478 e. The average molecular weight is 402 g/mol. The van der Waals surface area contributed by atoms with Gasteiger partial charge in [0.2, 0.25) is 5.91 Å². The molecule has 158 valence electrons. The lowest BCUT2D eigenvalue weighted by Gasteiger charge is -2.38. The zero-order chi connectivity index (χ0) is 21.0. The first-order chi connectivity index (χ1) is 13.9. The number of nitrogens with one attached hydrogen (secondary N) is 1. The highest BCUT2D eigenvalue weighted by Gasteiger charge is 2.34. The van der Waals surface area contributed by atoms with Gasteiger partial charge in [0.05, 0.1) is 11.6 Å². The maximum atomic E-state index is 12.6. The van der Waals surface area contributed by atoms with Crippen LogP contribution >= 0.6 is 0 Å². The number of likely N-dealkylation sites (N-methyl/N-ethyl adjacent to an activating group) is 1. The standard InChI is InChI=1S/C22H31N3O4/c1-25(18-3-2-4-18)21(27)19(23)15-7-5-14(6-8-15)13-24-20(26)16-9-11-17(12-10-16)22(28)29/h9-12,14-15,18-19H,2-8,13,23H2,1H3,(H,24,26)(H,28,29)/t14?,15?,19-/m0/s1. The van der Waals surface area contributed by atoms with Crippen LogP contribution in [-0.2, 0) is 4.79 Å². The Morgan fingerprint density at radius 3 is 2.17 bits per heavy atom. The molecule has 0 bridgehead atoms. The van der Waals surface area contributed by atoms with Gasteiger partial charge in [0, 0.05) is 25.2 Å². The number of carboxylic acid groups (broad SMARTS) is 1. The zero-order valence-corrected chi connectivity index (χ0v) is 17.0. The van der Waals surface area contributed by atoms with E-state index in [0.29, 0.717) is 24.1 Å². The molecule has 0 heterocycles. The number of hydrogen-bond donors (Lipinski definition) is 3. The number of rotatable bonds is 7. The molecule has 7 nitrogen and oxygen atoms in total. The molecule has 7 heteroatoms. The van der Waals surface area contributed by atoms with Gasteiger partial charge in [0.25, 0.3) is 5.91 Å². The number of carbonyl (C=O) groups excluding carboxylic acids is 2. The number of carbonyl (C=O) groups is 3. The Morgan fingerprint density at radius 2 is 1.66 bits per heavy atom. The van der Waals surface area contributed by atoms with Gasteiger partial charge in [-0.2, -0.15) is 0 Å². The quantitative estimate of drug-likeness (QED) is 0.649. The lowest BCUT2D eigenvalue weighted by molar-refractivity contribution is -0.136. The summed E-state index contributed by atoms with van der Waals surface area (Å²) >= 11 is 0. The van der Waals surface area contributed by atoms with E-state index in [9.17, 15) is 14.4 Å². The molecule has 1 aromatic carbocycles. The number of carboxylic acids is 1. The van der Waals surface area contributed by atoms with Crippen LogP contribution < -0.4 is 11.1 Å². The maximum absolute atomic E-state index is 12.6. The Kier molecular flexibility index (Phi) is 6.90. The number of nitrogens with two attached hydrogens (primary N) is 1. The van der Waals surface area contributed by atoms with Crippen molar-refractivity contribution >= 4 is 17.8 Å². The van der Waals surface area contributed by atoms with E-state index in [4.69, 9.17) is 10.8 Å². The van der Waals surface area contributed by atoms with Crippen LogP contribution in [0.15, 0.2) is 24.3 Å². The van der Waals surface area contributed by atoms with Crippen molar-refractivity contribution in [3.05, 3.63) is 35.4 Å². The van der Waals surface area contributed by atoms with Gasteiger partial charge in [-0.05, 0) is 81.0 Å². The van der Waals surface area contributed by atoms with Crippen LogP contribution in [0.1, 0.15) is 65.7 Å². The molecule has 2 aliphatic rings. The molecule has 4 N–H and O–H groups in total. The van der Waals surface area contributed by atoms with Crippen LogP contribution in [0.5, 0.6) is 0 Å². The number of amides is 2. The summed E-state index contributed by atoms with van der Waals surface area (Å²) in [6.45, 7) is 0.581. The van der Waals surface area contributed by atoms with Gasteiger partial charge in [0.1, 0.15) is 0 Å². The van der Waals surface area contributed by atoms with E-state index in [-0.39, 0.29) is 23.3 Å². The number of aromatic carboxylic acids is 1. The first-order valence-corrected chi connectivity index (χ1v) is 10.5. The monoisotopic (exact) mass is 401 g/mol. The van der Waals surface area contributed by atoms with Gasteiger partial charge in [0.15, 0.2) is 0 Å². The second-order valence-corrected chi connectivity index (χ2v) is 8.43. The summed E-state index contributed by atoms with van der Waals surface area (Å²) in [5.41, 5.74) is 6.90. The number of hydrogen-bond acceptors (Lipinski definition) is 4. The topological polar surface area (TPSA) is 113 Å². The highest BCUT2D eigenvalue weighted by atomic mass is 16.4. The predicted molar refractivity (Wildman–Crippen MR) is 110 cm³/mol. The van der Waals surface area contributed by atoms with E-state index < -0.39 is 12.0 Å². The molecule has 0 aromatic heterocycles. The first kappa shape index (κ1) is 21.3. The molecule has 0 unspecified atom stereocenters. The minimum atomic E-state index is -1.01. The Balaban J connectivity index is 1.41. The van der Waals surface area contributed by atoms with E-state index in [1.54, 1.807) is 0 Å². The third kappa shape index (κ3) is 5.15. The summed E-state index contributed by atoms with van der Waals surface area (Å²) < 4.78 is 0. The summed E-state index contributed by atoms with van der Waals surface area (Å²) in [5.74, 6) is -0.556. The van der Waals surface area contributed by atoms with Crippen molar-refractivity contribution in [2.24, 2.45) is 17.6 Å². The number of benzene rings is 1. The third-order valence-corrected chi connectivity index (χ3v) is 6.60. The Morgan fingerprint density at radius 1 is 1.07 bits per heavy atom. The predicted octanol–water partition coefficient (Wildman–Crippen LogP) is 2.26. The van der Waals surface area contributed by atoms with Gasteiger partial charge >= 0.3 is 5.97 Å². The molecule has 0 aliphatic heterocycles. The zero-order valence-electron chi connectivity index (χ0n) is 17.0. The molecule has 1 aromatic rings. The molecule has 29 heavy (non-hydrogen) atoms. The van der Waals surface area contributed by atoms with Crippen LogP contribution in [-0.4, -0.2) is 53.5 Å². The molecular formula is C22H31N3O4. The molecule has 0 radical (unpaired) electrons. The molecular weight excluding hydrogens is 370 g/mol.